The number of hydrogen-bond acceptors (Lipinski definition) is 0. The van der Waals surface area contributed by atoms with E-state index in [0.29, 0.717) is 5.41 Å². The fraction of sp³-hybridized carbons (Fsp3) is 0.875. The van der Waals surface area contributed by atoms with E-state index in [1.54, 1.807) is 5.57 Å². The standard InChI is InChI=1S/C16H28N/c1-12(2)14-7-9-16(3)8-5-6-13(11-17-4)10-15(14)16/h10,12,14-15H,5-9,11H2,1-4H3/q-1. The SMILES string of the molecule is C[N-]CC1=CC2C(C(C)C)CCC2(C)CCC1. The van der Waals surface area contributed by atoms with Gasteiger partial charge in [0.25, 0.3) is 0 Å². The van der Waals surface area contributed by atoms with Crippen LogP contribution < -0.4 is 0 Å². The molecule has 2 aliphatic carbocycles. The third-order valence-electron chi connectivity index (χ3n) is 5.19. The summed E-state index contributed by atoms with van der Waals surface area (Å²) in [6.45, 7) is 8.30. The Morgan fingerprint density at radius 3 is 2.82 bits per heavy atom. The van der Waals surface area contributed by atoms with Gasteiger partial charge in [-0.25, -0.2) is 0 Å². The maximum atomic E-state index is 4.34. The van der Waals surface area contributed by atoms with E-state index in [9.17, 15) is 0 Å². The van der Waals surface area contributed by atoms with Crippen LogP contribution in [0.4, 0.5) is 0 Å². The van der Waals surface area contributed by atoms with Crippen LogP contribution in [0.5, 0.6) is 0 Å². The van der Waals surface area contributed by atoms with Gasteiger partial charge in [0.15, 0.2) is 0 Å². The van der Waals surface area contributed by atoms with Gasteiger partial charge in [0.1, 0.15) is 0 Å². The smallest absolute Gasteiger partial charge is 0.0147 e. The lowest BCUT2D eigenvalue weighted by atomic mass is 9.72. The Kier molecular flexibility index (Phi) is 3.97. The van der Waals surface area contributed by atoms with Gasteiger partial charge >= 0.3 is 0 Å². The molecule has 0 N–H and O–H groups in total. The second kappa shape index (κ2) is 5.14. The molecule has 0 saturated heterocycles. The van der Waals surface area contributed by atoms with Gasteiger partial charge in [-0.05, 0) is 55.3 Å². The van der Waals surface area contributed by atoms with E-state index in [1.807, 2.05) is 7.05 Å². The average Bonchev–Trinajstić information content (AvgIpc) is 2.49. The molecular weight excluding hydrogens is 206 g/mol. The number of rotatable bonds is 3. The number of likely N-dealkylation sites (N-methyl/N-ethyl adjacent to an activating group) is 1. The minimum Gasteiger partial charge on any atom is -0.661 e. The zero-order valence-corrected chi connectivity index (χ0v) is 12.0. The molecular formula is C16H28N-. The van der Waals surface area contributed by atoms with Crippen molar-refractivity contribution in [1.29, 1.82) is 0 Å². The lowest BCUT2D eigenvalue weighted by molar-refractivity contribution is 0.200. The highest BCUT2D eigenvalue weighted by Crippen LogP contribution is 2.54. The molecule has 2 rings (SSSR count). The minimum atomic E-state index is 0.588. The third kappa shape index (κ3) is 2.59. The van der Waals surface area contributed by atoms with Crippen molar-refractivity contribution in [3.63, 3.8) is 0 Å². The van der Waals surface area contributed by atoms with Crippen LogP contribution in [0.15, 0.2) is 11.6 Å². The molecule has 17 heavy (non-hydrogen) atoms. The Morgan fingerprint density at radius 2 is 2.18 bits per heavy atom. The molecule has 1 saturated carbocycles. The highest BCUT2D eigenvalue weighted by Gasteiger charge is 2.44. The molecule has 3 unspecified atom stereocenters. The number of fused-ring (bicyclic) bond motifs is 1. The Labute approximate surface area is 107 Å². The van der Waals surface area contributed by atoms with E-state index in [1.165, 1.54) is 32.1 Å². The van der Waals surface area contributed by atoms with E-state index in [2.05, 4.69) is 32.2 Å². The van der Waals surface area contributed by atoms with E-state index in [0.717, 1.165) is 24.3 Å². The summed E-state index contributed by atoms with van der Waals surface area (Å²) in [4.78, 5) is 0. The molecule has 0 amide bonds. The highest BCUT2D eigenvalue weighted by atomic mass is 14.8. The van der Waals surface area contributed by atoms with Crippen LogP contribution >= 0.6 is 0 Å². The summed E-state index contributed by atoms with van der Waals surface area (Å²) in [6, 6.07) is 0. The molecule has 2 aliphatic rings. The number of allylic oxidation sites excluding steroid dienone is 1. The molecule has 1 fully saturated rings. The first-order chi connectivity index (χ1) is 8.07. The maximum absolute atomic E-state index is 4.34. The van der Waals surface area contributed by atoms with Gasteiger partial charge in [-0.1, -0.05) is 32.4 Å². The van der Waals surface area contributed by atoms with Crippen molar-refractivity contribution in [2.24, 2.45) is 23.2 Å². The molecule has 0 aromatic heterocycles. The predicted molar refractivity (Wildman–Crippen MR) is 75.2 cm³/mol. The van der Waals surface area contributed by atoms with Gasteiger partial charge in [0, 0.05) is 0 Å². The quantitative estimate of drug-likeness (QED) is 0.623. The molecule has 0 heterocycles. The van der Waals surface area contributed by atoms with Crippen molar-refractivity contribution < 1.29 is 0 Å². The van der Waals surface area contributed by atoms with Crippen LogP contribution in [-0.4, -0.2) is 13.6 Å². The van der Waals surface area contributed by atoms with Crippen LogP contribution in [-0.2, 0) is 0 Å². The lowest BCUT2D eigenvalue weighted by Gasteiger charge is -2.33. The molecule has 0 spiro atoms. The summed E-state index contributed by atoms with van der Waals surface area (Å²) in [6.07, 6.45) is 9.58. The molecule has 0 radical (unpaired) electrons. The monoisotopic (exact) mass is 234 g/mol. The van der Waals surface area contributed by atoms with Gasteiger partial charge in [-0.2, -0.15) is 7.05 Å². The molecule has 1 nitrogen and oxygen atoms in total. The van der Waals surface area contributed by atoms with Crippen LogP contribution in [0.25, 0.3) is 5.32 Å². The van der Waals surface area contributed by atoms with Gasteiger partial charge in [0.2, 0.25) is 0 Å². The van der Waals surface area contributed by atoms with Crippen molar-refractivity contribution in [3.8, 4) is 0 Å². The zero-order valence-electron chi connectivity index (χ0n) is 12.0. The van der Waals surface area contributed by atoms with Crippen LogP contribution in [0.1, 0.15) is 52.9 Å². The molecule has 3 atom stereocenters. The molecule has 0 bridgehead atoms. The van der Waals surface area contributed by atoms with Crippen molar-refractivity contribution in [3.05, 3.63) is 17.0 Å². The number of hydrogen-bond donors (Lipinski definition) is 0. The van der Waals surface area contributed by atoms with E-state index >= 15 is 0 Å². The first-order valence-electron chi connectivity index (χ1n) is 7.32. The summed E-state index contributed by atoms with van der Waals surface area (Å²) >= 11 is 0. The van der Waals surface area contributed by atoms with Crippen molar-refractivity contribution in [1.82, 2.24) is 0 Å². The summed E-state index contributed by atoms with van der Waals surface area (Å²) in [7, 11) is 1.94. The highest BCUT2D eigenvalue weighted by molar-refractivity contribution is 5.18. The summed E-state index contributed by atoms with van der Waals surface area (Å²) < 4.78 is 0. The second-order valence-corrected chi connectivity index (χ2v) is 6.78. The lowest BCUT2D eigenvalue weighted by Crippen LogP contribution is -2.25. The van der Waals surface area contributed by atoms with Crippen molar-refractivity contribution >= 4 is 0 Å². The molecule has 1 heteroatoms. The first kappa shape index (κ1) is 13.1. The summed E-state index contributed by atoms with van der Waals surface area (Å²) in [5.41, 5.74) is 2.19. The molecule has 0 aromatic carbocycles. The fourth-order valence-electron chi connectivity index (χ4n) is 4.12. The number of nitrogens with zero attached hydrogens (tertiary/aromatic N) is 1. The topological polar surface area (TPSA) is 14.1 Å². The van der Waals surface area contributed by atoms with Gasteiger partial charge in [0.05, 0.1) is 0 Å². The van der Waals surface area contributed by atoms with Crippen LogP contribution in [0, 0.1) is 23.2 Å². The van der Waals surface area contributed by atoms with Gasteiger partial charge in [-0.3, -0.25) is 0 Å². The Morgan fingerprint density at radius 1 is 1.41 bits per heavy atom. The molecule has 0 aliphatic heterocycles. The maximum Gasteiger partial charge on any atom is -0.0147 e. The third-order valence-corrected chi connectivity index (χ3v) is 5.19. The fourth-order valence-corrected chi connectivity index (χ4v) is 4.12. The largest absolute Gasteiger partial charge is 0.661 e. The molecule has 0 aromatic rings. The Hall–Kier alpha value is -0.300. The van der Waals surface area contributed by atoms with Gasteiger partial charge in [-0.15, -0.1) is 6.54 Å². The van der Waals surface area contributed by atoms with Crippen LogP contribution in [0.3, 0.4) is 0 Å². The van der Waals surface area contributed by atoms with Crippen LogP contribution in [0.2, 0.25) is 0 Å². The zero-order chi connectivity index (χ0) is 12.5. The van der Waals surface area contributed by atoms with E-state index in [-0.39, 0.29) is 0 Å². The van der Waals surface area contributed by atoms with Gasteiger partial charge < -0.3 is 5.32 Å². The first-order valence-corrected chi connectivity index (χ1v) is 7.32. The van der Waals surface area contributed by atoms with Crippen molar-refractivity contribution in [2.75, 3.05) is 13.6 Å². The Bertz CT molecular complexity index is 292. The van der Waals surface area contributed by atoms with E-state index < -0.39 is 0 Å². The summed E-state index contributed by atoms with van der Waals surface area (Å²) in [5.74, 6) is 2.56. The van der Waals surface area contributed by atoms with Crippen molar-refractivity contribution in [2.45, 2.75) is 52.9 Å². The average molecular weight is 234 g/mol. The normalized spacial score (nSPS) is 37.8. The predicted octanol–water partition coefficient (Wildman–Crippen LogP) is 4.79. The summed E-state index contributed by atoms with van der Waals surface area (Å²) in [5, 5.41) is 4.34. The second-order valence-electron chi connectivity index (χ2n) is 6.78. The Balaban J connectivity index is 2.23. The minimum absolute atomic E-state index is 0.588. The van der Waals surface area contributed by atoms with E-state index in [4.69, 9.17) is 0 Å². The molecule has 98 valence electrons.